The second-order valence-electron chi connectivity index (χ2n) is 12.0. The Hall–Kier alpha value is -1.84. The molecule has 1 aromatic rings. The number of piperazine rings is 1. The fourth-order valence-corrected chi connectivity index (χ4v) is 8.17. The van der Waals surface area contributed by atoms with Crippen LogP contribution in [0.5, 0.6) is 0 Å². The molecule has 0 aromatic heterocycles. The number of carbonyl (C=O) groups is 1. The molecule has 1 amide bonds. The number of alkyl halides is 3. The number of methoxy groups -OCH3 is 1. The highest BCUT2D eigenvalue weighted by molar-refractivity contribution is 5.85. The number of rotatable bonds is 5. The monoisotopic (exact) mass is 521 g/mol. The highest BCUT2D eigenvalue weighted by atomic mass is 19.4. The number of fused-ring (bicyclic) bond motifs is 3. The van der Waals surface area contributed by atoms with Crippen molar-refractivity contribution in [1.29, 1.82) is 0 Å². The molecule has 0 unspecified atom stereocenters. The standard InChI is InChI=1S/C28H38F3N3O3/c1-17-8-19(28(29,30)31)11-21(9-17)33-14-23-12-22(33)15-34(23)26(35)27-6-3-4-18(27)10-20(13-27)32-24-5-7-37-16-25(24)36-2/h8-9,11,18,20,22-25,32H,3-7,10,12-16H2,1-2H3/t18-,20-,22+,23+,24+,25-,27-/m1/s1. The lowest BCUT2D eigenvalue weighted by Gasteiger charge is -2.41. The zero-order chi connectivity index (χ0) is 25.9. The highest BCUT2D eigenvalue weighted by Crippen LogP contribution is 2.56. The van der Waals surface area contributed by atoms with E-state index < -0.39 is 11.7 Å². The Kier molecular flexibility index (Phi) is 6.47. The van der Waals surface area contributed by atoms with Crippen LogP contribution in [-0.2, 0) is 20.4 Å². The number of benzene rings is 1. The largest absolute Gasteiger partial charge is 0.416 e. The summed E-state index contributed by atoms with van der Waals surface area (Å²) in [6, 6.07) is 5.01. The van der Waals surface area contributed by atoms with Gasteiger partial charge in [0.05, 0.1) is 29.7 Å². The average molecular weight is 522 g/mol. The summed E-state index contributed by atoms with van der Waals surface area (Å²) in [5, 5.41) is 3.83. The molecular weight excluding hydrogens is 483 g/mol. The number of ether oxygens (including phenoxy) is 2. The third-order valence-corrected chi connectivity index (χ3v) is 9.84. The van der Waals surface area contributed by atoms with Crippen molar-refractivity contribution < 1.29 is 27.4 Å². The van der Waals surface area contributed by atoms with Crippen molar-refractivity contribution in [3.63, 3.8) is 0 Å². The number of halogens is 3. The molecule has 7 atom stereocenters. The summed E-state index contributed by atoms with van der Waals surface area (Å²) in [4.78, 5) is 18.4. The number of likely N-dealkylation sites (tertiary alicyclic amines) is 1. The third kappa shape index (κ3) is 4.44. The predicted octanol–water partition coefficient (Wildman–Crippen LogP) is 4.15. The fraction of sp³-hybridized carbons (Fsp3) is 0.750. The van der Waals surface area contributed by atoms with Crippen molar-refractivity contribution in [2.75, 3.05) is 38.3 Å². The summed E-state index contributed by atoms with van der Waals surface area (Å²) in [6.45, 7) is 4.26. The van der Waals surface area contributed by atoms with Crippen LogP contribution in [0, 0.1) is 18.3 Å². The summed E-state index contributed by atoms with van der Waals surface area (Å²) in [5.41, 5.74) is 0.333. The zero-order valence-corrected chi connectivity index (χ0v) is 21.7. The molecule has 3 aliphatic heterocycles. The van der Waals surface area contributed by atoms with E-state index in [1.165, 1.54) is 12.1 Å². The molecule has 6 rings (SSSR count). The van der Waals surface area contributed by atoms with Gasteiger partial charge in [-0.1, -0.05) is 6.42 Å². The van der Waals surface area contributed by atoms with Gasteiger partial charge in [-0.25, -0.2) is 0 Å². The zero-order valence-electron chi connectivity index (χ0n) is 21.7. The van der Waals surface area contributed by atoms with E-state index in [1.54, 1.807) is 14.0 Å². The molecule has 6 nitrogen and oxygen atoms in total. The number of carbonyl (C=O) groups excluding carboxylic acids is 1. The second-order valence-corrected chi connectivity index (χ2v) is 12.0. The minimum atomic E-state index is -4.36. The summed E-state index contributed by atoms with van der Waals surface area (Å²) < 4.78 is 51.5. The van der Waals surface area contributed by atoms with E-state index in [1.807, 2.05) is 6.07 Å². The molecule has 204 valence electrons. The Morgan fingerprint density at radius 2 is 2.00 bits per heavy atom. The van der Waals surface area contributed by atoms with Gasteiger partial charge in [0, 0.05) is 50.6 Å². The van der Waals surface area contributed by atoms with E-state index in [0.29, 0.717) is 48.8 Å². The second kappa shape index (κ2) is 9.42. The van der Waals surface area contributed by atoms with Crippen molar-refractivity contribution in [2.45, 2.75) is 88.3 Å². The highest BCUT2D eigenvalue weighted by Gasteiger charge is 2.59. The lowest BCUT2D eigenvalue weighted by molar-refractivity contribution is -0.144. The van der Waals surface area contributed by atoms with Crippen LogP contribution in [0.3, 0.4) is 0 Å². The molecule has 5 aliphatic rings. The van der Waals surface area contributed by atoms with Crippen LogP contribution in [0.15, 0.2) is 18.2 Å². The van der Waals surface area contributed by atoms with Gasteiger partial charge in [-0.05, 0) is 75.1 Å². The maximum Gasteiger partial charge on any atom is 0.416 e. The lowest BCUT2D eigenvalue weighted by Crippen LogP contribution is -2.54. The van der Waals surface area contributed by atoms with Gasteiger partial charge in [-0.15, -0.1) is 0 Å². The lowest BCUT2D eigenvalue weighted by atomic mass is 9.78. The Morgan fingerprint density at radius 1 is 1.16 bits per heavy atom. The SMILES string of the molecule is CO[C@@H]1COCC[C@@H]1N[C@@H]1C[C@H]2CCC[C@@]2(C(=O)N2C[C@@H]3C[C@H]2CN3c2cc(C)cc(C(F)(F)F)c2)C1. The Morgan fingerprint density at radius 3 is 2.73 bits per heavy atom. The van der Waals surface area contributed by atoms with Crippen LogP contribution < -0.4 is 10.2 Å². The molecule has 0 spiro atoms. The maximum atomic E-state index is 14.2. The minimum absolute atomic E-state index is 0.0422. The minimum Gasteiger partial charge on any atom is -0.379 e. The summed E-state index contributed by atoms with van der Waals surface area (Å²) in [5.74, 6) is 0.696. The first-order valence-electron chi connectivity index (χ1n) is 13.8. The van der Waals surface area contributed by atoms with Gasteiger partial charge in [-0.3, -0.25) is 4.79 Å². The number of hydrogen-bond acceptors (Lipinski definition) is 5. The molecule has 2 saturated carbocycles. The van der Waals surface area contributed by atoms with Crippen LogP contribution >= 0.6 is 0 Å². The molecular formula is C28H38F3N3O3. The van der Waals surface area contributed by atoms with E-state index in [-0.39, 0.29) is 29.6 Å². The summed E-state index contributed by atoms with van der Waals surface area (Å²) in [7, 11) is 1.73. The van der Waals surface area contributed by atoms with Gasteiger partial charge in [0.2, 0.25) is 5.91 Å². The van der Waals surface area contributed by atoms with Gasteiger partial charge in [0.25, 0.3) is 0 Å². The molecule has 2 bridgehead atoms. The van der Waals surface area contributed by atoms with Crippen molar-refractivity contribution >= 4 is 11.6 Å². The molecule has 1 N–H and O–H groups in total. The molecule has 3 saturated heterocycles. The summed E-state index contributed by atoms with van der Waals surface area (Å²) in [6.07, 6.45) is 2.47. The van der Waals surface area contributed by atoms with Crippen LogP contribution in [-0.4, -0.2) is 74.5 Å². The summed E-state index contributed by atoms with van der Waals surface area (Å²) >= 11 is 0. The number of aryl methyl sites for hydroxylation is 1. The first kappa shape index (κ1) is 25.4. The number of hydrogen-bond donors (Lipinski definition) is 1. The van der Waals surface area contributed by atoms with Crippen LogP contribution in [0.25, 0.3) is 0 Å². The van der Waals surface area contributed by atoms with Gasteiger partial charge < -0.3 is 24.6 Å². The van der Waals surface area contributed by atoms with Crippen LogP contribution in [0.1, 0.15) is 56.1 Å². The van der Waals surface area contributed by atoms with E-state index >= 15 is 0 Å². The number of nitrogens with zero attached hydrogens (tertiary/aromatic N) is 2. The maximum absolute atomic E-state index is 14.2. The smallest absolute Gasteiger partial charge is 0.379 e. The number of nitrogens with one attached hydrogen (secondary N) is 1. The van der Waals surface area contributed by atoms with Crippen molar-refractivity contribution in [3.8, 4) is 0 Å². The van der Waals surface area contributed by atoms with E-state index in [0.717, 1.165) is 51.6 Å². The molecule has 3 heterocycles. The molecule has 0 radical (unpaired) electrons. The Labute approximate surface area is 216 Å². The predicted molar refractivity (Wildman–Crippen MR) is 133 cm³/mol. The first-order chi connectivity index (χ1) is 17.7. The van der Waals surface area contributed by atoms with E-state index in [2.05, 4.69) is 15.1 Å². The Balaban J connectivity index is 1.15. The molecule has 1 aromatic carbocycles. The van der Waals surface area contributed by atoms with Gasteiger partial charge in [0.15, 0.2) is 0 Å². The Bertz CT molecular complexity index is 1040. The average Bonchev–Trinajstić information content (AvgIpc) is 3.63. The van der Waals surface area contributed by atoms with Gasteiger partial charge >= 0.3 is 6.18 Å². The van der Waals surface area contributed by atoms with Crippen LogP contribution in [0.2, 0.25) is 0 Å². The van der Waals surface area contributed by atoms with E-state index in [9.17, 15) is 18.0 Å². The molecule has 5 fully saturated rings. The van der Waals surface area contributed by atoms with Crippen molar-refractivity contribution in [3.05, 3.63) is 29.3 Å². The normalized spacial score (nSPS) is 37.4. The first-order valence-corrected chi connectivity index (χ1v) is 13.8. The van der Waals surface area contributed by atoms with Crippen molar-refractivity contribution in [2.24, 2.45) is 11.3 Å². The van der Waals surface area contributed by atoms with Gasteiger partial charge in [0.1, 0.15) is 0 Å². The topological polar surface area (TPSA) is 54.0 Å². The van der Waals surface area contributed by atoms with Crippen molar-refractivity contribution in [1.82, 2.24) is 10.2 Å². The number of anilines is 1. The third-order valence-electron chi connectivity index (χ3n) is 9.84. The molecule has 9 heteroatoms. The van der Waals surface area contributed by atoms with E-state index in [4.69, 9.17) is 9.47 Å². The van der Waals surface area contributed by atoms with Gasteiger partial charge in [-0.2, -0.15) is 13.2 Å². The van der Waals surface area contributed by atoms with Crippen LogP contribution in [0.4, 0.5) is 18.9 Å². The molecule has 2 aliphatic carbocycles. The number of amides is 1. The quantitative estimate of drug-likeness (QED) is 0.631. The molecule has 37 heavy (non-hydrogen) atoms. The fourth-order valence-electron chi connectivity index (χ4n) is 8.17.